The van der Waals surface area contributed by atoms with Gasteiger partial charge in [-0.05, 0) is 36.7 Å². The lowest BCUT2D eigenvalue weighted by atomic mass is 10.1. The Labute approximate surface area is 112 Å². The summed E-state index contributed by atoms with van der Waals surface area (Å²) in [7, 11) is 0. The minimum Gasteiger partial charge on any atom is -0.481 e. The van der Waals surface area contributed by atoms with Crippen LogP contribution < -0.4 is 10.6 Å². The van der Waals surface area contributed by atoms with Gasteiger partial charge in [0.2, 0.25) is 0 Å². The highest BCUT2D eigenvalue weighted by Gasteiger charge is 2.15. The van der Waals surface area contributed by atoms with E-state index < -0.39 is 5.97 Å². The highest BCUT2D eigenvalue weighted by molar-refractivity contribution is 7.99. The standard InChI is InChI=1S/C12H22N2O3S/c15-11(16)4-2-1-3-6-13-12(17)14-8-10-5-7-18-9-10/h10H,1-9H2,(H,15,16)(H2,13,14,17). The Morgan fingerprint density at radius 2 is 2.06 bits per heavy atom. The van der Waals surface area contributed by atoms with Crippen molar-refractivity contribution in [3.8, 4) is 0 Å². The van der Waals surface area contributed by atoms with E-state index >= 15 is 0 Å². The van der Waals surface area contributed by atoms with Crippen LogP contribution in [0, 0.1) is 5.92 Å². The number of rotatable bonds is 8. The maximum absolute atomic E-state index is 11.4. The van der Waals surface area contributed by atoms with Crippen molar-refractivity contribution in [1.82, 2.24) is 10.6 Å². The lowest BCUT2D eigenvalue weighted by Crippen LogP contribution is -2.38. The zero-order valence-corrected chi connectivity index (χ0v) is 11.4. The number of urea groups is 1. The average molecular weight is 274 g/mol. The summed E-state index contributed by atoms with van der Waals surface area (Å²) in [6.07, 6.45) is 3.76. The topological polar surface area (TPSA) is 78.4 Å². The lowest BCUT2D eigenvalue weighted by molar-refractivity contribution is -0.137. The van der Waals surface area contributed by atoms with Crippen LogP contribution in [-0.4, -0.2) is 41.7 Å². The van der Waals surface area contributed by atoms with Crippen molar-refractivity contribution >= 4 is 23.8 Å². The predicted octanol–water partition coefficient (Wildman–Crippen LogP) is 1.68. The number of hydrogen-bond donors (Lipinski definition) is 3. The van der Waals surface area contributed by atoms with E-state index in [2.05, 4.69) is 10.6 Å². The fourth-order valence-corrected chi connectivity index (χ4v) is 3.11. The smallest absolute Gasteiger partial charge is 0.314 e. The molecule has 3 N–H and O–H groups in total. The first kappa shape index (κ1) is 15.1. The quantitative estimate of drug-likeness (QED) is 0.588. The van der Waals surface area contributed by atoms with Crippen molar-refractivity contribution in [3.63, 3.8) is 0 Å². The molecule has 18 heavy (non-hydrogen) atoms. The fraction of sp³-hybridized carbons (Fsp3) is 0.833. The Kier molecular flexibility index (Phi) is 7.64. The number of aliphatic carboxylic acids is 1. The molecule has 1 rings (SSSR count). The van der Waals surface area contributed by atoms with Gasteiger partial charge in [0.05, 0.1) is 0 Å². The molecule has 0 aliphatic carbocycles. The highest BCUT2D eigenvalue weighted by atomic mass is 32.2. The Morgan fingerprint density at radius 3 is 2.72 bits per heavy atom. The van der Waals surface area contributed by atoms with E-state index in [4.69, 9.17) is 5.11 Å². The van der Waals surface area contributed by atoms with Crippen LogP contribution in [-0.2, 0) is 4.79 Å². The Hall–Kier alpha value is -0.910. The van der Waals surface area contributed by atoms with Crippen LogP contribution in [0.3, 0.4) is 0 Å². The molecule has 1 saturated heterocycles. The molecule has 1 atom stereocenters. The third kappa shape index (κ3) is 7.42. The van der Waals surface area contributed by atoms with Gasteiger partial charge in [0, 0.05) is 19.5 Å². The monoisotopic (exact) mass is 274 g/mol. The first-order valence-corrected chi connectivity index (χ1v) is 7.65. The summed E-state index contributed by atoms with van der Waals surface area (Å²) in [4.78, 5) is 21.7. The molecule has 0 spiro atoms. The van der Waals surface area contributed by atoms with Gasteiger partial charge in [-0.2, -0.15) is 11.8 Å². The van der Waals surface area contributed by atoms with Gasteiger partial charge in [0.15, 0.2) is 0 Å². The summed E-state index contributed by atoms with van der Waals surface area (Å²) in [6.45, 7) is 1.38. The number of thioether (sulfide) groups is 1. The molecule has 0 saturated carbocycles. The van der Waals surface area contributed by atoms with Crippen LogP contribution in [0.2, 0.25) is 0 Å². The molecule has 1 aliphatic heterocycles. The maximum Gasteiger partial charge on any atom is 0.314 e. The molecule has 0 aromatic carbocycles. The number of carboxylic acid groups (broad SMARTS) is 1. The van der Waals surface area contributed by atoms with Crippen LogP contribution in [0.1, 0.15) is 32.1 Å². The van der Waals surface area contributed by atoms with Crippen LogP contribution in [0.4, 0.5) is 4.79 Å². The maximum atomic E-state index is 11.4. The largest absolute Gasteiger partial charge is 0.481 e. The van der Waals surface area contributed by atoms with E-state index in [1.165, 1.54) is 12.2 Å². The summed E-state index contributed by atoms with van der Waals surface area (Å²) in [5.41, 5.74) is 0. The Balaban J connectivity index is 1.88. The predicted molar refractivity (Wildman–Crippen MR) is 72.9 cm³/mol. The highest BCUT2D eigenvalue weighted by Crippen LogP contribution is 2.22. The zero-order valence-electron chi connectivity index (χ0n) is 10.6. The van der Waals surface area contributed by atoms with Gasteiger partial charge in [-0.3, -0.25) is 4.79 Å². The molecule has 104 valence electrons. The number of hydrogen-bond acceptors (Lipinski definition) is 3. The third-order valence-corrected chi connectivity index (χ3v) is 4.16. The first-order chi connectivity index (χ1) is 8.68. The van der Waals surface area contributed by atoms with Gasteiger partial charge in [-0.1, -0.05) is 6.42 Å². The van der Waals surface area contributed by atoms with Crippen molar-refractivity contribution in [2.45, 2.75) is 32.1 Å². The molecule has 0 radical (unpaired) electrons. The normalized spacial score (nSPS) is 18.6. The molecule has 5 nitrogen and oxygen atoms in total. The number of nitrogens with one attached hydrogen (secondary N) is 2. The molecular formula is C12H22N2O3S. The first-order valence-electron chi connectivity index (χ1n) is 6.49. The summed E-state index contributed by atoms with van der Waals surface area (Å²) < 4.78 is 0. The fourth-order valence-electron chi connectivity index (χ4n) is 1.82. The van der Waals surface area contributed by atoms with E-state index in [1.54, 1.807) is 0 Å². The minimum absolute atomic E-state index is 0.106. The number of carbonyl (C=O) groups is 2. The van der Waals surface area contributed by atoms with E-state index in [1.807, 2.05) is 11.8 Å². The van der Waals surface area contributed by atoms with E-state index in [0.717, 1.165) is 25.1 Å². The van der Waals surface area contributed by atoms with Gasteiger partial charge in [-0.15, -0.1) is 0 Å². The molecule has 0 aromatic rings. The van der Waals surface area contributed by atoms with E-state index in [9.17, 15) is 9.59 Å². The molecule has 1 unspecified atom stereocenters. The second-order valence-corrected chi connectivity index (χ2v) is 5.72. The summed E-state index contributed by atoms with van der Waals surface area (Å²) in [5.74, 6) is 2.22. The van der Waals surface area contributed by atoms with Crippen LogP contribution in [0.15, 0.2) is 0 Å². The Bertz CT molecular complexity index is 268. The summed E-state index contributed by atoms with van der Waals surface area (Å²) in [5, 5.41) is 14.1. The van der Waals surface area contributed by atoms with Gasteiger partial charge in [0.25, 0.3) is 0 Å². The number of carboxylic acids is 1. The van der Waals surface area contributed by atoms with Crippen LogP contribution in [0.5, 0.6) is 0 Å². The molecule has 2 amide bonds. The third-order valence-electron chi connectivity index (χ3n) is 2.93. The van der Waals surface area contributed by atoms with Crippen molar-refractivity contribution in [2.75, 3.05) is 24.6 Å². The van der Waals surface area contributed by atoms with E-state index in [-0.39, 0.29) is 12.5 Å². The van der Waals surface area contributed by atoms with Crippen LogP contribution >= 0.6 is 11.8 Å². The molecule has 1 heterocycles. The van der Waals surface area contributed by atoms with Crippen molar-refractivity contribution in [1.29, 1.82) is 0 Å². The number of unbranched alkanes of at least 4 members (excludes halogenated alkanes) is 2. The SMILES string of the molecule is O=C(O)CCCCCNC(=O)NCC1CCSC1. The summed E-state index contributed by atoms with van der Waals surface area (Å²) in [6, 6.07) is -0.106. The minimum atomic E-state index is -0.755. The van der Waals surface area contributed by atoms with Gasteiger partial charge < -0.3 is 15.7 Å². The van der Waals surface area contributed by atoms with Crippen molar-refractivity contribution < 1.29 is 14.7 Å². The molecular weight excluding hydrogens is 252 g/mol. The average Bonchev–Trinajstić information content (AvgIpc) is 2.83. The van der Waals surface area contributed by atoms with Gasteiger partial charge in [-0.25, -0.2) is 4.79 Å². The molecule has 0 aromatic heterocycles. The second kappa shape index (κ2) is 9.08. The molecule has 1 fully saturated rings. The van der Waals surface area contributed by atoms with Gasteiger partial charge >= 0.3 is 12.0 Å². The molecule has 6 heteroatoms. The zero-order chi connectivity index (χ0) is 13.2. The van der Waals surface area contributed by atoms with E-state index in [0.29, 0.717) is 18.9 Å². The van der Waals surface area contributed by atoms with Gasteiger partial charge in [0.1, 0.15) is 0 Å². The number of amides is 2. The number of carbonyl (C=O) groups excluding carboxylic acids is 1. The second-order valence-electron chi connectivity index (χ2n) is 4.57. The van der Waals surface area contributed by atoms with Crippen LogP contribution in [0.25, 0.3) is 0 Å². The van der Waals surface area contributed by atoms with Crippen molar-refractivity contribution in [2.24, 2.45) is 5.92 Å². The molecule has 1 aliphatic rings. The van der Waals surface area contributed by atoms with Crippen molar-refractivity contribution in [3.05, 3.63) is 0 Å². The summed E-state index contributed by atoms with van der Waals surface area (Å²) >= 11 is 1.94. The lowest BCUT2D eigenvalue weighted by Gasteiger charge is -2.11. The Morgan fingerprint density at radius 1 is 1.22 bits per heavy atom. The molecule has 0 bridgehead atoms.